The van der Waals surface area contributed by atoms with Crippen molar-refractivity contribution in [3.05, 3.63) is 215 Å². The lowest BCUT2D eigenvalue weighted by Crippen LogP contribution is -2.49. The van der Waals surface area contributed by atoms with Gasteiger partial charge in [0.1, 0.15) is 23.9 Å². The van der Waals surface area contributed by atoms with Gasteiger partial charge in [0, 0.05) is 13.8 Å². The Labute approximate surface area is 416 Å². The summed E-state index contributed by atoms with van der Waals surface area (Å²) in [5, 5.41) is 10.8. The molecule has 374 valence electrons. The Hall–Kier alpha value is -6.39. The summed E-state index contributed by atoms with van der Waals surface area (Å²) in [6.07, 6.45) is -3.25. The molecule has 13 nitrogen and oxygen atoms in total. The van der Waals surface area contributed by atoms with E-state index in [0.29, 0.717) is 33.0 Å². The topological polar surface area (TPSA) is 155 Å². The van der Waals surface area contributed by atoms with E-state index in [1.165, 1.54) is 13.8 Å². The van der Waals surface area contributed by atoms with Crippen LogP contribution in [0.4, 0.5) is 0 Å². The molecule has 1 N–H and O–H groups in total. The molecule has 1 unspecified atom stereocenters. The van der Waals surface area contributed by atoms with Crippen molar-refractivity contribution < 1.29 is 62.1 Å². The number of carbonyl (C=O) groups excluding carboxylic acids is 3. The van der Waals surface area contributed by atoms with Crippen LogP contribution < -0.4 is 0 Å². The van der Waals surface area contributed by atoms with Crippen molar-refractivity contribution in [3.8, 4) is 0 Å². The molecule has 2 fully saturated rings. The summed E-state index contributed by atoms with van der Waals surface area (Å²) in [4.78, 5) is 32.5. The Balaban J connectivity index is 0.000000205. The van der Waals surface area contributed by atoms with Gasteiger partial charge in [0.15, 0.2) is 18.0 Å². The fourth-order valence-corrected chi connectivity index (χ4v) is 7.83. The van der Waals surface area contributed by atoms with Gasteiger partial charge in [-0.15, -0.1) is 0 Å². The molecule has 7 atom stereocenters. The molecule has 0 aromatic heterocycles. The minimum Gasteiger partial charge on any atom is -0.455 e. The number of cyclic esters (lactones) is 1. The third-order valence-electron chi connectivity index (χ3n) is 11.6. The average Bonchev–Trinajstić information content (AvgIpc) is 3.77. The fraction of sp³-hybridized carbons (Fsp3) is 0.328. The van der Waals surface area contributed by atoms with Crippen molar-refractivity contribution in [1.82, 2.24) is 0 Å². The summed E-state index contributed by atoms with van der Waals surface area (Å²) in [5.41, 5.74) is 3.93. The zero-order valence-corrected chi connectivity index (χ0v) is 40.7. The van der Waals surface area contributed by atoms with Crippen LogP contribution in [0, 0.1) is 0 Å². The van der Waals surface area contributed by atoms with E-state index in [-0.39, 0.29) is 19.8 Å². The first-order chi connectivity index (χ1) is 34.4. The molecule has 6 aromatic carbocycles. The summed E-state index contributed by atoms with van der Waals surface area (Å²) in [6.45, 7) is 8.73. The van der Waals surface area contributed by atoms with Crippen molar-refractivity contribution in [2.45, 2.75) is 109 Å². The van der Waals surface area contributed by atoms with Crippen molar-refractivity contribution in [1.29, 1.82) is 0 Å². The Morgan fingerprint density at radius 2 is 0.817 bits per heavy atom. The Kier molecular flexibility index (Phi) is 21.2. The SMILES string of the molecule is CC(=O)OC(C)=O.C[C@]1(OCc2ccccc2)C(=O)O[C@H](COCc2ccccc2)[C@H]1OCc1ccccc1.C[C@]1(OCc2ccccc2)C(O)O[C@H](COCc2ccccc2)[C@H]1OCc1ccccc1. The largest absolute Gasteiger partial charge is 0.455 e. The lowest BCUT2D eigenvalue weighted by molar-refractivity contribution is -0.203. The Morgan fingerprint density at radius 3 is 1.20 bits per heavy atom. The molecule has 0 spiro atoms. The minimum absolute atomic E-state index is 0.227. The van der Waals surface area contributed by atoms with Crippen molar-refractivity contribution in [2.24, 2.45) is 0 Å². The lowest BCUT2D eigenvalue weighted by atomic mass is 9.96. The quantitative estimate of drug-likeness (QED) is 0.0572. The molecule has 71 heavy (non-hydrogen) atoms. The van der Waals surface area contributed by atoms with Crippen LogP contribution in [-0.2, 0) is 96.7 Å². The lowest BCUT2D eigenvalue weighted by Gasteiger charge is -2.33. The van der Waals surface area contributed by atoms with Gasteiger partial charge >= 0.3 is 17.9 Å². The monoisotopic (exact) mass is 968 g/mol. The number of hydrogen-bond donors (Lipinski definition) is 1. The molecule has 8 rings (SSSR count). The predicted molar refractivity (Wildman–Crippen MR) is 265 cm³/mol. The minimum atomic E-state index is -1.23. The molecule has 6 aromatic rings. The second kappa shape index (κ2) is 27.9. The van der Waals surface area contributed by atoms with Crippen LogP contribution in [-0.4, -0.2) is 78.1 Å². The van der Waals surface area contributed by atoms with Gasteiger partial charge in [-0.05, 0) is 47.2 Å². The van der Waals surface area contributed by atoms with E-state index in [4.69, 9.17) is 37.9 Å². The molecule has 0 amide bonds. The third kappa shape index (κ3) is 16.9. The van der Waals surface area contributed by atoms with Crippen LogP contribution in [0.15, 0.2) is 182 Å². The predicted octanol–water partition coefficient (Wildman–Crippen LogP) is 9.27. The van der Waals surface area contributed by atoms with Gasteiger partial charge in [-0.3, -0.25) is 9.59 Å². The highest BCUT2D eigenvalue weighted by Crippen LogP contribution is 2.37. The van der Waals surface area contributed by atoms with Gasteiger partial charge in [-0.1, -0.05) is 182 Å². The second-order valence-corrected chi connectivity index (χ2v) is 17.3. The molecule has 2 saturated heterocycles. The van der Waals surface area contributed by atoms with Crippen LogP contribution in [0.3, 0.4) is 0 Å². The maximum Gasteiger partial charge on any atom is 0.341 e. The molecule has 0 aliphatic carbocycles. The van der Waals surface area contributed by atoms with Gasteiger partial charge in [-0.2, -0.15) is 0 Å². The molecule has 13 heteroatoms. The van der Waals surface area contributed by atoms with Gasteiger partial charge in [0.05, 0.1) is 52.9 Å². The Morgan fingerprint density at radius 1 is 0.479 bits per heavy atom. The molecule has 0 bridgehead atoms. The second-order valence-electron chi connectivity index (χ2n) is 17.3. The number of esters is 3. The van der Waals surface area contributed by atoms with Gasteiger partial charge in [0.2, 0.25) is 0 Å². The first kappa shape index (κ1) is 54.0. The Bertz CT molecular complexity index is 2450. The van der Waals surface area contributed by atoms with Crippen LogP contribution in [0.5, 0.6) is 0 Å². The summed E-state index contributed by atoms with van der Waals surface area (Å²) < 4.78 is 52.2. The number of ether oxygens (including phenoxy) is 9. The number of carbonyl (C=O) groups is 3. The van der Waals surface area contributed by atoms with Gasteiger partial charge < -0.3 is 47.7 Å². The van der Waals surface area contributed by atoms with E-state index in [1.54, 1.807) is 6.92 Å². The van der Waals surface area contributed by atoms with Gasteiger partial charge in [-0.25, -0.2) is 4.79 Å². The fourth-order valence-electron chi connectivity index (χ4n) is 7.83. The first-order valence-corrected chi connectivity index (χ1v) is 23.6. The van der Waals surface area contributed by atoms with E-state index >= 15 is 0 Å². The molecular formula is C58H64O13. The van der Waals surface area contributed by atoms with Crippen LogP contribution in [0.1, 0.15) is 61.1 Å². The first-order valence-electron chi connectivity index (χ1n) is 23.6. The number of benzene rings is 6. The van der Waals surface area contributed by atoms with Crippen molar-refractivity contribution >= 4 is 17.9 Å². The third-order valence-corrected chi connectivity index (χ3v) is 11.6. The number of rotatable bonds is 20. The molecule has 2 aliphatic rings. The summed E-state index contributed by atoms with van der Waals surface area (Å²) in [5.74, 6) is -1.56. The molecular weight excluding hydrogens is 905 g/mol. The zero-order chi connectivity index (χ0) is 50.3. The normalized spacial score (nSPS) is 22.3. The number of hydrogen-bond acceptors (Lipinski definition) is 13. The maximum absolute atomic E-state index is 12.9. The van der Waals surface area contributed by atoms with Crippen LogP contribution in [0.2, 0.25) is 0 Å². The molecule has 2 aliphatic heterocycles. The number of aliphatic hydroxyl groups excluding tert-OH is 1. The van der Waals surface area contributed by atoms with E-state index in [0.717, 1.165) is 33.4 Å². The highest BCUT2D eigenvalue weighted by atomic mass is 16.7. The van der Waals surface area contributed by atoms with E-state index in [2.05, 4.69) is 4.74 Å². The van der Waals surface area contributed by atoms with E-state index in [1.807, 2.05) is 189 Å². The molecule has 0 saturated carbocycles. The molecule has 0 radical (unpaired) electrons. The van der Waals surface area contributed by atoms with Crippen LogP contribution >= 0.6 is 0 Å². The molecule has 2 heterocycles. The maximum atomic E-state index is 12.9. The van der Waals surface area contributed by atoms with E-state index in [9.17, 15) is 19.5 Å². The summed E-state index contributed by atoms with van der Waals surface area (Å²) >= 11 is 0. The van der Waals surface area contributed by atoms with Gasteiger partial charge in [0.25, 0.3) is 0 Å². The number of aliphatic hydroxyl groups is 1. The van der Waals surface area contributed by atoms with Crippen molar-refractivity contribution in [2.75, 3.05) is 13.2 Å². The highest BCUT2D eigenvalue weighted by molar-refractivity contribution is 5.83. The standard InChI is InChI=1S/C27H30O5.C27H28O5.C4H6O3/c2*1-27(31-19-23-15-9-4-10-16-23)25(30-18-22-13-7-3-8-14-22)24(32-26(27)28)20-29-17-21-11-5-2-6-12-21;1-3(5)7-4(2)6/h2-16,24-26,28H,17-20H2,1H3;2-16,24-25H,17-20H2,1H3;1-2H3/t24-,25-,26?,27-;24-,25-,27-;/m11./s1. The van der Waals surface area contributed by atoms with Crippen molar-refractivity contribution in [3.63, 3.8) is 0 Å². The zero-order valence-electron chi connectivity index (χ0n) is 40.7. The van der Waals surface area contributed by atoms with Crippen LogP contribution in [0.25, 0.3) is 0 Å². The van der Waals surface area contributed by atoms with E-state index < -0.39 is 59.8 Å². The average molecular weight is 969 g/mol. The highest BCUT2D eigenvalue weighted by Gasteiger charge is 2.57. The smallest absolute Gasteiger partial charge is 0.341 e. The summed E-state index contributed by atoms with van der Waals surface area (Å²) in [6, 6.07) is 59.3. The summed E-state index contributed by atoms with van der Waals surface area (Å²) in [7, 11) is 0.